The summed E-state index contributed by atoms with van der Waals surface area (Å²) in [4.78, 5) is 5.74. The number of aromatic amines is 1. The van der Waals surface area contributed by atoms with Gasteiger partial charge in [0.05, 0.1) is 33.1 Å². The quantitative estimate of drug-likeness (QED) is 0.573. The van der Waals surface area contributed by atoms with E-state index in [0.717, 1.165) is 58.9 Å². The van der Waals surface area contributed by atoms with Gasteiger partial charge < -0.3 is 19.6 Å². The highest BCUT2D eigenvalue weighted by molar-refractivity contribution is 7.88. The Morgan fingerprint density at radius 2 is 1.82 bits per heavy atom. The molecule has 8 nitrogen and oxygen atoms in total. The molecule has 2 N–H and O–H groups in total. The van der Waals surface area contributed by atoms with Crippen LogP contribution in [0.5, 0.6) is 11.5 Å². The largest absolute Gasteiger partial charge is 0.497 e. The first-order valence-corrected chi connectivity index (χ1v) is 12.8. The highest BCUT2D eigenvalue weighted by Gasteiger charge is 2.54. The zero-order valence-corrected chi connectivity index (χ0v) is 19.9. The Hall–Kier alpha value is -2.59. The fourth-order valence-corrected chi connectivity index (χ4v) is 6.63. The first kappa shape index (κ1) is 22.2. The van der Waals surface area contributed by atoms with Gasteiger partial charge in [0.2, 0.25) is 10.0 Å². The summed E-state index contributed by atoms with van der Waals surface area (Å²) in [5.41, 5.74) is 3.57. The molecule has 1 aromatic heterocycles. The molecule has 0 amide bonds. The number of aliphatic hydroxyl groups is 1. The van der Waals surface area contributed by atoms with Crippen LogP contribution in [0.4, 0.5) is 0 Å². The molecule has 2 aliphatic rings. The maximum Gasteiger partial charge on any atom is 0.211 e. The normalized spacial score (nSPS) is 20.5. The summed E-state index contributed by atoms with van der Waals surface area (Å²) < 4.78 is 37.6. The Morgan fingerprint density at radius 1 is 1.09 bits per heavy atom. The van der Waals surface area contributed by atoms with Crippen molar-refractivity contribution < 1.29 is 23.0 Å². The lowest BCUT2D eigenvalue weighted by Gasteiger charge is -2.55. The molecule has 1 atom stereocenters. The number of aromatic nitrogens is 1. The molecule has 0 saturated carbocycles. The average Bonchev–Trinajstić information content (AvgIpc) is 3.16. The van der Waals surface area contributed by atoms with Gasteiger partial charge in [0.1, 0.15) is 11.5 Å². The number of aliphatic hydroxyl groups excluding tert-OH is 1. The van der Waals surface area contributed by atoms with Crippen molar-refractivity contribution in [1.82, 2.24) is 14.2 Å². The van der Waals surface area contributed by atoms with E-state index in [-0.39, 0.29) is 12.0 Å². The number of likely N-dealkylation sites (tertiary alicyclic amines) is 1. The first-order chi connectivity index (χ1) is 15.8. The molecule has 9 heteroatoms. The van der Waals surface area contributed by atoms with Crippen LogP contribution in [0.2, 0.25) is 0 Å². The van der Waals surface area contributed by atoms with Gasteiger partial charge in [-0.05, 0) is 35.4 Å². The molecule has 0 radical (unpaired) electrons. The summed E-state index contributed by atoms with van der Waals surface area (Å²) in [5.74, 6) is 1.55. The van der Waals surface area contributed by atoms with Gasteiger partial charge in [-0.2, -0.15) is 4.31 Å². The standard InChI is InChI=1S/C24H29N3O5S/c1-31-17-6-4-5-16(9-17)11-26-13-24(14-26)15-27(33(3,29)30)21(12-28)23-22(24)19-8-7-18(32-2)10-20(19)25-23/h4-10,21,25,28H,11-15H2,1-3H3/t21-/m1/s1. The Morgan fingerprint density at radius 3 is 2.48 bits per heavy atom. The zero-order chi connectivity index (χ0) is 23.4. The predicted molar refractivity (Wildman–Crippen MR) is 126 cm³/mol. The van der Waals surface area contributed by atoms with E-state index in [0.29, 0.717) is 6.54 Å². The second kappa shape index (κ2) is 8.02. The second-order valence-electron chi connectivity index (χ2n) is 9.11. The number of H-pyrrole nitrogens is 1. The first-order valence-electron chi connectivity index (χ1n) is 10.9. The van der Waals surface area contributed by atoms with E-state index in [1.54, 1.807) is 14.2 Å². The summed E-state index contributed by atoms with van der Waals surface area (Å²) >= 11 is 0. The van der Waals surface area contributed by atoms with E-state index in [9.17, 15) is 13.5 Å². The molecule has 0 aliphatic carbocycles. The van der Waals surface area contributed by atoms with Crippen LogP contribution in [0.25, 0.3) is 10.9 Å². The highest BCUT2D eigenvalue weighted by atomic mass is 32.2. The smallest absolute Gasteiger partial charge is 0.211 e. The molecule has 33 heavy (non-hydrogen) atoms. The van der Waals surface area contributed by atoms with Gasteiger partial charge in [-0.25, -0.2) is 8.42 Å². The van der Waals surface area contributed by atoms with Crippen molar-refractivity contribution in [3.63, 3.8) is 0 Å². The van der Waals surface area contributed by atoms with Crippen LogP contribution < -0.4 is 9.47 Å². The van der Waals surface area contributed by atoms with Gasteiger partial charge in [-0.3, -0.25) is 4.90 Å². The summed E-state index contributed by atoms with van der Waals surface area (Å²) in [6.07, 6.45) is 1.21. The van der Waals surface area contributed by atoms with Crippen molar-refractivity contribution in [3.8, 4) is 11.5 Å². The predicted octanol–water partition coefficient (Wildman–Crippen LogP) is 2.25. The topological polar surface area (TPSA) is 95.1 Å². The van der Waals surface area contributed by atoms with E-state index >= 15 is 0 Å². The number of rotatable bonds is 6. The van der Waals surface area contributed by atoms with Crippen molar-refractivity contribution in [2.24, 2.45) is 0 Å². The van der Waals surface area contributed by atoms with Crippen LogP contribution in [0.3, 0.4) is 0 Å². The Kier molecular flexibility index (Phi) is 5.40. The monoisotopic (exact) mass is 471 g/mol. The van der Waals surface area contributed by atoms with Gasteiger partial charge in [0.25, 0.3) is 0 Å². The average molecular weight is 472 g/mol. The highest BCUT2D eigenvalue weighted by Crippen LogP contribution is 2.49. The van der Waals surface area contributed by atoms with E-state index in [1.165, 1.54) is 10.6 Å². The Bertz CT molecular complexity index is 1300. The van der Waals surface area contributed by atoms with Gasteiger partial charge in [0, 0.05) is 54.3 Å². The molecular formula is C24H29N3O5S. The Balaban J connectivity index is 1.55. The second-order valence-corrected chi connectivity index (χ2v) is 11.0. The fourth-order valence-electron chi connectivity index (χ4n) is 5.52. The van der Waals surface area contributed by atoms with Crippen molar-refractivity contribution in [1.29, 1.82) is 0 Å². The lowest BCUT2D eigenvalue weighted by molar-refractivity contribution is 0.0200. The number of nitrogens with one attached hydrogen (secondary N) is 1. The molecule has 0 unspecified atom stereocenters. The SMILES string of the molecule is COc1cccc(CN2CC3(C2)CN(S(C)(=O)=O)[C@H](CO)c2[nH]c4cc(OC)ccc4c23)c1. The zero-order valence-electron chi connectivity index (χ0n) is 19.0. The number of nitrogens with zero attached hydrogens (tertiary/aromatic N) is 2. The van der Waals surface area contributed by atoms with Gasteiger partial charge in [-0.15, -0.1) is 0 Å². The van der Waals surface area contributed by atoms with E-state index < -0.39 is 16.1 Å². The van der Waals surface area contributed by atoms with Gasteiger partial charge in [0.15, 0.2) is 0 Å². The molecule has 2 aliphatic heterocycles. The minimum absolute atomic E-state index is 0.284. The third-order valence-corrected chi connectivity index (χ3v) is 8.13. The number of ether oxygens (including phenoxy) is 2. The van der Waals surface area contributed by atoms with Crippen LogP contribution in [-0.2, 0) is 22.0 Å². The number of benzene rings is 2. The van der Waals surface area contributed by atoms with Crippen molar-refractivity contribution in [3.05, 3.63) is 59.3 Å². The summed E-state index contributed by atoms with van der Waals surface area (Å²) in [7, 11) is -0.241. The summed E-state index contributed by atoms with van der Waals surface area (Å²) in [6.45, 7) is 2.26. The number of hydrogen-bond donors (Lipinski definition) is 2. The maximum atomic E-state index is 12.7. The van der Waals surface area contributed by atoms with E-state index in [4.69, 9.17) is 9.47 Å². The van der Waals surface area contributed by atoms with Crippen molar-refractivity contribution in [2.75, 3.05) is 46.7 Å². The van der Waals surface area contributed by atoms with Crippen molar-refractivity contribution >= 4 is 20.9 Å². The fraction of sp³-hybridized carbons (Fsp3) is 0.417. The number of methoxy groups -OCH3 is 2. The number of fused-ring (bicyclic) bond motifs is 4. The Labute approximate surface area is 193 Å². The molecule has 3 heterocycles. The lowest BCUT2D eigenvalue weighted by Crippen LogP contribution is -2.66. The molecule has 2 aromatic carbocycles. The lowest BCUT2D eigenvalue weighted by atomic mass is 9.69. The summed E-state index contributed by atoms with van der Waals surface area (Å²) in [5, 5.41) is 11.2. The molecular weight excluding hydrogens is 442 g/mol. The molecule has 176 valence electrons. The minimum Gasteiger partial charge on any atom is -0.497 e. The minimum atomic E-state index is -3.52. The third kappa shape index (κ3) is 3.69. The van der Waals surface area contributed by atoms with Crippen LogP contribution in [0, 0.1) is 0 Å². The molecule has 1 saturated heterocycles. The van der Waals surface area contributed by atoms with E-state index in [2.05, 4.69) is 16.0 Å². The van der Waals surface area contributed by atoms with Crippen LogP contribution in [0.15, 0.2) is 42.5 Å². The van der Waals surface area contributed by atoms with E-state index in [1.807, 2.05) is 36.4 Å². The van der Waals surface area contributed by atoms with Gasteiger partial charge >= 0.3 is 0 Å². The molecule has 1 fully saturated rings. The molecule has 0 bridgehead atoms. The van der Waals surface area contributed by atoms with Crippen LogP contribution in [-0.4, -0.2) is 74.4 Å². The number of hydrogen-bond acceptors (Lipinski definition) is 6. The molecule has 3 aromatic rings. The third-order valence-electron chi connectivity index (χ3n) is 6.90. The van der Waals surface area contributed by atoms with Crippen LogP contribution >= 0.6 is 0 Å². The summed E-state index contributed by atoms with van der Waals surface area (Å²) in [6, 6.07) is 13.2. The molecule has 1 spiro atoms. The maximum absolute atomic E-state index is 12.7. The number of sulfonamides is 1. The molecule has 5 rings (SSSR count). The van der Waals surface area contributed by atoms with Gasteiger partial charge in [-0.1, -0.05) is 12.1 Å². The van der Waals surface area contributed by atoms with Crippen LogP contribution in [0.1, 0.15) is 22.9 Å². The van der Waals surface area contributed by atoms with Crippen molar-refractivity contribution in [2.45, 2.75) is 18.0 Å².